The van der Waals surface area contributed by atoms with E-state index in [2.05, 4.69) is 20.2 Å². The number of H-pyrrole nitrogens is 2. The van der Waals surface area contributed by atoms with E-state index in [-0.39, 0.29) is 5.43 Å². The second-order valence-corrected chi connectivity index (χ2v) is 7.21. The molecule has 0 bridgehead atoms. The van der Waals surface area contributed by atoms with Gasteiger partial charge in [0.1, 0.15) is 5.75 Å². The Labute approximate surface area is 169 Å². The quantitative estimate of drug-likeness (QED) is 0.422. The summed E-state index contributed by atoms with van der Waals surface area (Å²) in [5, 5.41) is 8.13. The molecule has 0 radical (unpaired) electrons. The Morgan fingerprint density at radius 3 is 2.69 bits per heavy atom. The van der Waals surface area contributed by atoms with Crippen LogP contribution in [0.25, 0.3) is 22.3 Å². The lowest BCUT2D eigenvalue weighted by molar-refractivity contribution is 0.100. The minimum Gasteiger partial charge on any atom is -0.497 e. The van der Waals surface area contributed by atoms with Crippen LogP contribution >= 0.6 is 11.8 Å². The number of hydrogen-bond donors (Lipinski definition) is 3. The Balaban J connectivity index is 1.51. The number of ether oxygens (including phenoxy) is 1. The normalized spacial score (nSPS) is 10.9. The smallest absolute Gasteiger partial charge is 0.248 e. The lowest BCUT2D eigenvalue weighted by Gasteiger charge is -2.04. The summed E-state index contributed by atoms with van der Waals surface area (Å²) in [5.74, 6) is 1.35. The Bertz CT molecular complexity index is 1250. The van der Waals surface area contributed by atoms with Crippen molar-refractivity contribution in [2.45, 2.75) is 10.9 Å². The number of fused-ring (bicyclic) bond motifs is 1. The summed E-state index contributed by atoms with van der Waals surface area (Å²) in [7, 11) is 1.62. The van der Waals surface area contributed by atoms with Gasteiger partial charge in [-0.1, -0.05) is 11.8 Å². The van der Waals surface area contributed by atoms with E-state index >= 15 is 0 Å². The van der Waals surface area contributed by atoms with Crippen molar-refractivity contribution in [2.24, 2.45) is 5.73 Å². The third-order valence-electron chi connectivity index (χ3n) is 4.36. The molecule has 0 saturated carbocycles. The fraction of sp³-hybridized carbons (Fsp3) is 0.100. The third-order valence-corrected chi connectivity index (χ3v) is 5.25. The second kappa shape index (κ2) is 7.80. The molecular formula is C20H17N5O3S. The Morgan fingerprint density at radius 1 is 1.17 bits per heavy atom. The zero-order valence-electron chi connectivity index (χ0n) is 15.4. The fourth-order valence-corrected chi connectivity index (χ4v) is 3.57. The lowest BCUT2D eigenvalue weighted by atomic mass is 10.1. The highest BCUT2D eigenvalue weighted by Gasteiger charge is 2.10. The van der Waals surface area contributed by atoms with E-state index < -0.39 is 5.91 Å². The fourth-order valence-electron chi connectivity index (χ4n) is 2.86. The summed E-state index contributed by atoms with van der Waals surface area (Å²) >= 11 is 1.40. The summed E-state index contributed by atoms with van der Waals surface area (Å²) < 4.78 is 5.15. The van der Waals surface area contributed by atoms with Crippen molar-refractivity contribution in [3.05, 3.63) is 70.0 Å². The van der Waals surface area contributed by atoms with Gasteiger partial charge in [0, 0.05) is 39.5 Å². The maximum Gasteiger partial charge on any atom is 0.248 e. The number of nitrogens with one attached hydrogen (secondary N) is 2. The molecule has 0 aliphatic heterocycles. The minimum atomic E-state index is -0.566. The summed E-state index contributed by atoms with van der Waals surface area (Å²) in [5.41, 5.74) is 7.68. The van der Waals surface area contributed by atoms with Crippen molar-refractivity contribution in [3.8, 4) is 17.1 Å². The first kappa shape index (κ1) is 18.8. The molecule has 4 N–H and O–H groups in total. The number of methoxy groups -OCH3 is 1. The maximum atomic E-state index is 12.4. The zero-order chi connectivity index (χ0) is 20.4. The number of amides is 1. The molecule has 4 rings (SSSR count). The van der Waals surface area contributed by atoms with E-state index in [4.69, 9.17) is 10.5 Å². The molecule has 0 atom stereocenters. The number of aromatic amines is 2. The molecule has 9 heteroatoms. The number of benzene rings is 2. The molecule has 146 valence electrons. The molecule has 2 aromatic carbocycles. The maximum absolute atomic E-state index is 12.4. The van der Waals surface area contributed by atoms with Gasteiger partial charge in [-0.05, 0) is 42.5 Å². The number of pyridine rings is 1. The van der Waals surface area contributed by atoms with Crippen molar-refractivity contribution < 1.29 is 9.53 Å². The number of nitrogens with zero attached hydrogens (tertiary/aromatic N) is 2. The average Bonchev–Trinajstić information content (AvgIpc) is 3.21. The first-order chi connectivity index (χ1) is 14.0. The molecule has 0 spiro atoms. The van der Waals surface area contributed by atoms with Crippen molar-refractivity contribution in [2.75, 3.05) is 7.11 Å². The number of thioether (sulfide) groups is 1. The van der Waals surface area contributed by atoms with Gasteiger partial charge in [-0.15, -0.1) is 5.10 Å². The van der Waals surface area contributed by atoms with Crippen LogP contribution in [0.1, 0.15) is 16.1 Å². The summed E-state index contributed by atoms with van der Waals surface area (Å²) in [6.45, 7) is 0. The molecule has 0 saturated heterocycles. The van der Waals surface area contributed by atoms with Crippen molar-refractivity contribution >= 4 is 28.6 Å². The number of nitrogens with two attached hydrogens (primary N) is 1. The standard InChI is InChI=1S/C20H17N5O3S/c1-28-14-5-2-11(3-6-14)19-23-20(25-24-19)29-10-13-9-17(26)15-8-12(18(21)27)4-7-16(15)22-13/h2-9H,10H2,1H3,(H2,21,27)(H,22,26)(H,23,24,25). The van der Waals surface area contributed by atoms with Gasteiger partial charge in [0.05, 0.1) is 7.11 Å². The first-order valence-electron chi connectivity index (χ1n) is 8.69. The molecule has 0 aliphatic rings. The third kappa shape index (κ3) is 3.99. The Hall–Kier alpha value is -3.59. The molecule has 2 heterocycles. The number of aromatic nitrogens is 4. The van der Waals surface area contributed by atoms with Crippen LogP contribution in [-0.2, 0) is 5.75 Å². The topological polar surface area (TPSA) is 127 Å². The largest absolute Gasteiger partial charge is 0.497 e. The molecule has 1 amide bonds. The van der Waals surface area contributed by atoms with Gasteiger partial charge in [-0.25, -0.2) is 4.98 Å². The molecule has 2 aromatic heterocycles. The zero-order valence-corrected chi connectivity index (χ0v) is 16.2. The van der Waals surface area contributed by atoms with E-state index in [9.17, 15) is 9.59 Å². The van der Waals surface area contributed by atoms with Crippen LogP contribution < -0.4 is 15.9 Å². The van der Waals surface area contributed by atoms with Gasteiger partial charge in [-0.2, -0.15) is 0 Å². The van der Waals surface area contributed by atoms with Crippen molar-refractivity contribution in [3.63, 3.8) is 0 Å². The van der Waals surface area contributed by atoms with E-state index in [0.717, 1.165) is 17.0 Å². The van der Waals surface area contributed by atoms with E-state index in [1.54, 1.807) is 19.2 Å². The number of rotatable bonds is 6. The molecule has 0 aliphatic carbocycles. The summed E-state index contributed by atoms with van der Waals surface area (Å²) in [6.07, 6.45) is 0. The van der Waals surface area contributed by atoms with Crippen LogP contribution in [0.2, 0.25) is 0 Å². The van der Waals surface area contributed by atoms with Crippen LogP contribution in [-0.4, -0.2) is 33.2 Å². The van der Waals surface area contributed by atoms with Gasteiger partial charge in [0.2, 0.25) is 11.1 Å². The Kier molecular flexibility index (Phi) is 5.05. The minimum absolute atomic E-state index is 0.175. The summed E-state index contributed by atoms with van der Waals surface area (Å²) in [6, 6.07) is 13.8. The number of primary amides is 1. The molecule has 4 aromatic rings. The second-order valence-electron chi connectivity index (χ2n) is 6.27. The molecule has 0 unspecified atom stereocenters. The molecule has 8 nitrogen and oxygen atoms in total. The van der Waals surface area contributed by atoms with E-state index in [1.165, 1.54) is 23.9 Å². The lowest BCUT2D eigenvalue weighted by Crippen LogP contribution is -2.12. The van der Waals surface area contributed by atoms with E-state index in [0.29, 0.717) is 33.2 Å². The van der Waals surface area contributed by atoms with Crippen LogP contribution in [0.5, 0.6) is 5.75 Å². The van der Waals surface area contributed by atoms with E-state index in [1.807, 2.05) is 24.3 Å². The van der Waals surface area contributed by atoms with Crippen LogP contribution in [0.3, 0.4) is 0 Å². The predicted octanol–water partition coefficient (Wildman–Crippen LogP) is 2.71. The van der Waals surface area contributed by atoms with Gasteiger partial charge in [0.25, 0.3) is 0 Å². The van der Waals surface area contributed by atoms with Gasteiger partial charge in [-0.3, -0.25) is 14.7 Å². The average molecular weight is 407 g/mol. The van der Waals surface area contributed by atoms with Gasteiger partial charge in [0.15, 0.2) is 11.3 Å². The van der Waals surface area contributed by atoms with Gasteiger partial charge < -0.3 is 15.5 Å². The number of hydrogen-bond acceptors (Lipinski definition) is 6. The van der Waals surface area contributed by atoms with Gasteiger partial charge >= 0.3 is 0 Å². The summed E-state index contributed by atoms with van der Waals surface area (Å²) in [4.78, 5) is 31.4. The molecule has 0 fully saturated rings. The van der Waals surface area contributed by atoms with Crippen LogP contribution in [0, 0.1) is 0 Å². The number of carbonyl (C=O) groups excluding carboxylic acids is 1. The Morgan fingerprint density at radius 2 is 1.97 bits per heavy atom. The monoisotopic (exact) mass is 407 g/mol. The highest BCUT2D eigenvalue weighted by Crippen LogP contribution is 2.23. The highest BCUT2D eigenvalue weighted by atomic mass is 32.2. The SMILES string of the molecule is COc1ccc(-c2nc(SCc3cc(=O)c4cc(C(N)=O)ccc4[nH]3)n[nH]2)cc1. The van der Waals surface area contributed by atoms with Crippen molar-refractivity contribution in [1.82, 2.24) is 20.2 Å². The predicted molar refractivity (Wildman–Crippen MR) is 111 cm³/mol. The van der Waals surface area contributed by atoms with Crippen LogP contribution in [0.4, 0.5) is 0 Å². The molecular weight excluding hydrogens is 390 g/mol. The van der Waals surface area contributed by atoms with Crippen LogP contribution in [0.15, 0.2) is 58.5 Å². The number of carbonyl (C=O) groups is 1. The highest BCUT2D eigenvalue weighted by molar-refractivity contribution is 7.98. The van der Waals surface area contributed by atoms with Crippen molar-refractivity contribution in [1.29, 1.82) is 0 Å². The molecule has 29 heavy (non-hydrogen) atoms. The first-order valence-corrected chi connectivity index (χ1v) is 9.67.